The highest BCUT2D eigenvalue weighted by atomic mass is 16.6. The molecular weight excluding hydrogens is 360 g/mol. The van der Waals surface area contributed by atoms with Gasteiger partial charge in [-0.1, -0.05) is 0 Å². The van der Waals surface area contributed by atoms with Crippen molar-refractivity contribution in [3.8, 4) is 0 Å². The van der Waals surface area contributed by atoms with Crippen molar-refractivity contribution in [1.29, 1.82) is 0 Å². The summed E-state index contributed by atoms with van der Waals surface area (Å²) in [7, 11) is 0. The molecule has 0 aromatic rings. The van der Waals surface area contributed by atoms with E-state index in [1.165, 1.54) is 0 Å². The molecule has 152 valence electrons. The van der Waals surface area contributed by atoms with E-state index in [9.17, 15) is 35.4 Å². The SMILES string of the molecule is O=C(NC1O[C@H](CO)[C@@H](O)[C@H](O)[C@H]1O)NC1O[C@H](CO)[C@@H](O)[C@H](O)[C@H]1O. The minimum absolute atomic E-state index is 0.683. The second-order valence-corrected chi connectivity index (χ2v) is 6.12. The Balaban J connectivity index is 1.97. The summed E-state index contributed by atoms with van der Waals surface area (Å²) >= 11 is 0. The molecule has 2 aliphatic heterocycles. The van der Waals surface area contributed by atoms with Gasteiger partial charge in [0.2, 0.25) is 0 Å². The van der Waals surface area contributed by atoms with Crippen LogP contribution in [0.25, 0.3) is 0 Å². The second kappa shape index (κ2) is 8.71. The lowest BCUT2D eigenvalue weighted by Crippen LogP contribution is -2.67. The summed E-state index contributed by atoms with van der Waals surface area (Å²) in [4.78, 5) is 12.0. The summed E-state index contributed by atoms with van der Waals surface area (Å²) < 4.78 is 10.2. The molecule has 2 aliphatic rings. The van der Waals surface area contributed by atoms with Crippen molar-refractivity contribution in [2.75, 3.05) is 13.2 Å². The van der Waals surface area contributed by atoms with Gasteiger partial charge in [0, 0.05) is 0 Å². The van der Waals surface area contributed by atoms with Gasteiger partial charge in [-0.05, 0) is 0 Å². The number of rotatable bonds is 4. The standard InChI is InChI=1S/C13H24N2O11/c16-1-3-5(18)7(20)9(22)11(25-3)14-13(24)15-12-10(23)8(21)6(19)4(2-17)26-12/h3-12,16-23H,1-2H2,(H2,14,15,24)/t3-,4-,5-,6-,7+,8+,9-,10-,11?,12?/m1/s1. The fraction of sp³-hybridized carbons (Fsp3) is 0.923. The Hall–Kier alpha value is -1.13. The van der Waals surface area contributed by atoms with Crippen LogP contribution >= 0.6 is 0 Å². The van der Waals surface area contributed by atoms with Gasteiger partial charge in [-0.2, -0.15) is 0 Å². The lowest BCUT2D eigenvalue weighted by molar-refractivity contribution is -0.237. The summed E-state index contributed by atoms with van der Waals surface area (Å²) in [5, 5.41) is 80.7. The molecule has 10 atom stereocenters. The molecule has 2 fully saturated rings. The number of hydrogen-bond donors (Lipinski definition) is 10. The minimum Gasteiger partial charge on any atom is -0.394 e. The van der Waals surface area contributed by atoms with Gasteiger partial charge in [0.25, 0.3) is 0 Å². The molecule has 0 radical (unpaired) electrons. The summed E-state index contributed by atoms with van der Waals surface area (Å²) in [5.74, 6) is 0. The number of hydrogen-bond acceptors (Lipinski definition) is 11. The summed E-state index contributed by atoms with van der Waals surface area (Å²) in [6.45, 7) is -1.37. The molecule has 2 heterocycles. The van der Waals surface area contributed by atoms with Crippen molar-refractivity contribution in [2.24, 2.45) is 0 Å². The van der Waals surface area contributed by atoms with Crippen LogP contribution in [0.4, 0.5) is 4.79 Å². The van der Waals surface area contributed by atoms with Gasteiger partial charge < -0.3 is 61.0 Å². The molecule has 10 N–H and O–H groups in total. The highest BCUT2D eigenvalue weighted by Gasteiger charge is 2.46. The van der Waals surface area contributed by atoms with Gasteiger partial charge in [0.15, 0.2) is 12.5 Å². The van der Waals surface area contributed by atoms with Crippen molar-refractivity contribution in [2.45, 2.75) is 61.3 Å². The predicted octanol–water partition coefficient (Wildman–Crippen LogP) is -6.11. The average Bonchev–Trinajstić information content (AvgIpc) is 2.62. The van der Waals surface area contributed by atoms with Crippen molar-refractivity contribution in [1.82, 2.24) is 10.6 Å². The molecule has 13 nitrogen and oxygen atoms in total. The second-order valence-electron chi connectivity index (χ2n) is 6.12. The third kappa shape index (κ3) is 4.23. The Morgan fingerprint density at radius 1 is 0.654 bits per heavy atom. The molecule has 0 aromatic heterocycles. The molecule has 2 saturated heterocycles. The van der Waals surface area contributed by atoms with Crippen molar-refractivity contribution in [3.63, 3.8) is 0 Å². The van der Waals surface area contributed by atoms with Crippen LogP contribution in [-0.2, 0) is 9.47 Å². The molecular formula is C13H24N2O11. The number of carbonyl (C=O) groups excluding carboxylic acids is 1. The van der Waals surface area contributed by atoms with E-state index in [1.54, 1.807) is 0 Å². The van der Waals surface area contributed by atoms with Gasteiger partial charge >= 0.3 is 6.03 Å². The maximum atomic E-state index is 12.0. The van der Waals surface area contributed by atoms with E-state index < -0.39 is 80.5 Å². The van der Waals surface area contributed by atoms with Crippen LogP contribution in [0.3, 0.4) is 0 Å². The normalized spacial score (nSPS) is 46.6. The number of ether oxygens (including phenoxy) is 2. The smallest absolute Gasteiger partial charge is 0.318 e. The molecule has 2 rings (SSSR count). The van der Waals surface area contributed by atoms with Crippen LogP contribution in [0.1, 0.15) is 0 Å². The third-order valence-corrected chi connectivity index (χ3v) is 4.33. The van der Waals surface area contributed by atoms with Gasteiger partial charge in [-0.15, -0.1) is 0 Å². The van der Waals surface area contributed by atoms with Crippen LogP contribution in [0.15, 0.2) is 0 Å². The molecule has 13 heteroatoms. The molecule has 0 aromatic carbocycles. The maximum Gasteiger partial charge on any atom is 0.318 e. The lowest BCUT2D eigenvalue weighted by atomic mass is 9.98. The van der Waals surface area contributed by atoms with Gasteiger partial charge in [0.1, 0.15) is 48.8 Å². The number of nitrogens with one attached hydrogen (secondary N) is 2. The summed E-state index contributed by atoms with van der Waals surface area (Å²) in [5.41, 5.74) is 0. The first-order chi connectivity index (χ1) is 12.2. The first-order valence-corrected chi connectivity index (χ1v) is 7.89. The quantitative estimate of drug-likeness (QED) is 0.220. The Kier molecular flexibility index (Phi) is 7.09. The predicted molar refractivity (Wildman–Crippen MR) is 79.2 cm³/mol. The Bertz CT molecular complexity index is 439. The zero-order valence-electron chi connectivity index (χ0n) is 13.5. The number of amides is 2. The molecule has 2 unspecified atom stereocenters. The first-order valence-electron chi connectivity index (χ1n) is 7.89. The maximum absolute atomic E-state index is 12.0. The zero-order valence-corrected chi connectivity index (χ0v) is 13.5. The van der Waals surface area contributed by atoms with Gasteiger partial charge in [0.05, 0.1) is 13.2 Å². The molecule has 0 bridgehead atoms. The first kappa shape index (κ1) is 21.2. The fourth-order valence-corrected chi connectivity index (χ4v) is 2.74. The Labute approximate surface area is 147 Å². The van der Waals surface area contributed by atoms with E-state index in [-0.39, 0.29) is 0 Å². The zero-order chi connectivity index (χ0) is 19.6. The fourth-order valence-electron chi connectivity index (χ4n) is 2.74. The molecule has 0 saturated carbocycles. The Morgan fingerprint density at radius 3 is 1.31 bits per heavy atom. The average molecular weight is 384 g/mol. The number of aliphatic hydroxyl groups excluding tert-OH is 8. The van der Waals surface area contributed by atoms with Crippen molar-refractivity contribution >= 4 is 6.03 Å². The highest BCUT2D eigenvalue weighted by molar-refractivity contribution is 5.74. The van der Waals surface area contributed by atoms with Crippen LogP contribution in [0.2, 0.25) is 0 Å². The summed E-state index contributed by atoms with van der Waals surface area (Å²) in [6, 6.07) is -1.06. The molecule has 2 amide bonds. The van der Waals surface area contributed by atoms with Crippen molar-refractivity contribution in [3.05, 3.63) is 0 Å². The molecule has 26 heavy (non-hydrogen) atoms. The number of urea groups is 1. The summed E-state index contributed by atoms with van der Waals surface area (Å²) in [6.07, 6.45) is -15.5. The van der Waals surface area contributed by atoms with Gasteiger partial charge in [-0.25, -0.2) is 4.79 Å². The van der Waals surface area contributed by atoms with Gasteiger partial charge in [-0.3, -0.25) is 0 Å². The van der Waals surface area contributed by atoms with Crippen molar-refractivity contribution < 1.29 is 55.1 Å². The number of aliphatic hydroxyl groups is 8. The Morgan fingerprint density at radius 2 is 1.00 bits per heavy atom. The van der Waals surface area contributed by atoms with Crippen LogP contribution in [0.5, 0.6) is 0 Å². The van der Waals surface area contributed by atoms with E-state index in [0.29, 0.717) is 0 Å². The number of carbonyl (C=O) groups is 1. The molecule has 0 spiro atoms. The minimum atomic E-state index is -1.71. The van der Waals surface area contributed by atoms with E-state index in [1.807, 2.05) is 0 Å². The van der Waals surface area contributed by atoms with Crippen LogP contribution < -0.4 is 10.6 Å². The topological polar surface area (TPSA) is 221 Å². The van der Waals surface area contributed by atoms with E-state index >= 15 is 0 Å². The van der Waals surface area contributed by atoms with Crippen LogP contribution in [0, 0.1) is 0 Å². The van der Waals surface area contributed by atoms with E-state index in [0.717, 1.165) is 0 Å². The monoisotopic (exact) mass is 384 g/mol. The third-order valence-electron chi connectivity index (χ3n) is 4.33. The van der Waals surface area contributed by atoms with Crippen LogP contribution in [-0.4, -0.2) is 121 Å². The highest BCUT2D eigenvalue weighted by Crippen LogP contribution is 2.21. The largest absolute Gasteiger partial charge is 0.394 e. The molecule has 0 aliphatic carbocycles. The van der Waals surface area contributed by atoms with E-state index in [2.05, 4.69) is 10.6 Å². The lowest BCUT2D eigenvalue weighted by Gasteiger charge is -2.41. The van der Waals surface area contributed by atoms with E-state index in [4.69, 9.17) is 19.7 Å².